The van der Waals surface area contributed by atoms with E-state index in [-0.39, 0.29) is 0 Å². The lowest BCUT2D eigenvalue weighted by Crippen LogP contribution is -2.14. The van der Waals surface area contributed by atoms with Crippen LogP contribution in [0.4, 0.5) is 5.69 Å². The molecule has 0 radical (unpaired) electrons. The molecule has 0 fully saturated rings. The molecule has 0 aliphatic carbocycles. The third-order valence-electron chi connectivity index (χ3n) is 3.00. The van der Waals surface area contributed by atoms with Crippen molar-refractivity contribution in [3.05, 3.63) is 47.3 Å². The maximum Gasteiger partial charge on any atom is 0.356 e. The highest BCUT2D eigenvalue weighted by atomic mass is 16.5. The highest BCUT2D eigenvalue weighted by Gasteiger charge is 2.14. The van der Waals surface area contributed by atoms with Crippen molar-refractivity contribution in [3.8, 4) is 0 Å². The first-order chi connectivity index (χ1) is 10.1. The number of aromatic nitrogens is 2. The van der Waals surface area contributed by atoms with Crippen LogP contribution in [0.15, 0.2) is 30.5 Å². The van der Waals surface area contributed by atoms with Crippen molar-refractivity contribution >= 4 is 17.6 Å². The van der Waals surface area contributed by atoms with Crippen LogP contribution in [-0.4, -0.2) is 35.9 Å². The van der Waals surface area contributed by atoms with E-state index in [9.17, 15) is 9.59 Å². The van der Waals surface area contributed by atoms with E-state index in [1.165, 1.54) is 31.2 Å². The monoisotopic (exact) mass is 289 g/mol. The Kier molecular flexibility index (Phi) is 4.22. The number of ether oxygens (including phenoxy) is 2. The molecule has 0 bridgehead atoms. The van der Waals surface area contributed by atoms with Crippen LogP contribution >= 0.6 is 0 Å². The van der Waals surface area contributed by atoms with Gasteiger partial charge in [-0.1, -0.05) is 6.07 Å². The van der Waals surface area contributed by atoms with Gasteiger partial charge in [0.05, 0.1) is 26.3 Å². The van der Waals surface area contributed by atoms with Crippen molar-refractivity contribution < 1.29 is 19.1 Å². The molecule has 1 aromatic carbocycles. The van der Waals surface area contributed by atoms with Gasteiger partial charge in [0.2, 0.25) is 0 Å². The average Bonchev–Trinajstić information content (AvgIpc) is 2.95. The SMILES string of the molecule is COC(=O)c1ccc(Cn2nccc2C(=O)OC)c(N)c1. The van der Waals surface area contributed by atoms with Gasteiger partial charge >= 0.3 is 11.9 Å². The molecular weight excluding hydrogens is 274 g/mol. The average molecular weight is 289 g/mol. The number of carbonyl (C=O) groups excluding carboxylic acids is 2. The van der Waals surface area contributed by atoms with E-state index in [2.05, 4.69) is 14.6 Å². The number of nitrogens with two attached hydrogens (primary N) is 1. The standard InChI is InChI=1S/C14H15N3O4/c1-20-13(18)9-3-4-10(11(15)7-9)8-17-12(5-6-16-17)14(19)21-2/h3-7H,8,15H2,1-2H3. The van der Waals surface area contributed by atoms with Gasteiger partial charge in [-0.2, -0.15) is 5.10 Å². The van der Waals surface area contributed by atoms with E-state index in [0.29, 0.717) is 23.5 Å². The maximum atomic E-state index is 11.6. The second-order valence-electron chi connectivity index (χ2n) is 4.27. The van der Waals surface area contributed by atoms with Gasteiger partial charge in [0, 0.05) is 11.9 Å². The Balaban J connectivity index is 2.27. The Labute approximate surface area is 121 Å². The lowest BCUT2D eigenvalue weighted by molar-refractivity contribution is 0.0583. The van der Waals surface area contributed by atoms with Crippen molar-refractivity contribution in [1.29, 1.82) is 0 Å². The molecule has 1 aromatic heterocycles. The first-order valence-corrected chi connectivity index (χ1v) is 6.13. The molecule has 1 heterocycles. The predicted molar refractivity (Wildman–Crippen MR) is 74.9 cm³/mol. The third-order valence-corrected chi connectivity index (χ3v) is 3.00. The van der Waals surface area contributed by atoms with Crippen molar-refractivity contribution in [2.45, 2.75) is 6.54 Å². The van der Waals surface area contributed by atoms with Gasteiger partial charge in [-0.15, -0.1) is 0 Å². The number of esters is 2. The summed E-state index contributed by atoms with van der Waals surface area (Å²) in [4.78, 5) is 23.0. The Hall–Kier alpha value is -2.83. The lowest BCUT2D eigenvalue weighted by Gasteiger charge is -2.10. The summed E-state index contributed by atoms with van der Waals surface area (Å²) in [5.74, 6) is -0.931. The number of hydrogen-bond acceptors (Lipinski definition) is 6. The van der Waals surface area contributed by atoms with E-state index in [1.54, 1.807) is 18.2 Å². The second-order valence-corrected chi connectivity index (χ2v) is 4.27. The number of nitrogen functional groups attached to an aromatic ring is 1. The molecule has 2 aromatic rings. The first-order valence-electron chi connectivity index (χ1n) is 6.13. The van der Waals surface area contributed by atoms with Gasteiger partial charge in [0.25, 0.3) is 0 Å². The number of rotatable bonds is 4. The van der Waals surface area contributed by atoms with Crippen molar-refractivity contribution in [1.82, 2.24) is 9.78 Å². The summed E-state index contributed by atoms with van der Waals surface area (Å²) < 4.78 is 10.8. The summed E-state index contributed by atoms with van der Waals surface area (Å²) in [7, 11) is 2.61. The zero-order valence-corrected chi connectivity index (χ0v) is 11.7. The molecular formula is C14H15N3O4. The van der Waals surface area contributed by atoms with Crippen LogP contribution in [0.5, 0.6) is 0 Å². The minimum absolute atomic E-state index is 0.296. The summed E-state index contributed by atoms with van der Waals surface area (Å²) in [6.07, 6.45) is 1.51. The molecule has 0 spiro atoms. The van der Waals surface area contributed by atoms with Crippen molar-refractivity contribution in [3.63, 3.8) is 0 Å². The maximum absolute atomic E-state index is 11.6. The molecule has 2 N–H and O–H groups in total. The molecule has 0 atom stereocenters. The van der Waals surface area contributed by atoms with Gasteiger partial charge in [0.1, 0.15) is 5.69 Å². The predicted octanol–water partition coefficient (Wildman–Crippen LogP) is 1.09. The summed E-state index contributed by atoms with van der Waals surface area (Å²) in [6, 6.07) is 6.40. The van der Waals surface area contributed by atoms with Gasteiger partial charge in [-0.05, 0) is 23.8 Å². The van der Waals surface area contributed by atoms with Gasteiger partial charge < -0.3 is 15.2 Å². The van der Waals surface area contributed by atoms with E-state index in [0.717, 1.165) is 5.56 Å². The minimum Gasteiger partial charge on any atom is -0.465 e. The first kappa shape index (κ1) is 14.6. The smallest absolute Gasteiger partial charge is 0.356 e. The van der Waals surface area contributed by atoms with Gasteiger partial charge in [-0.3, -0.25) is 4.68 Å². The van der Waals surface area contributed by atoms with Crippen LogP contribution in [0, 0.1) is 0 Å². The van der Waals surface area contributed by atoms with E-state index in [1.807, 2.05) is 0 Å². The van der Waals surface area contributed by atoms with E-state index < -0.39 is 11.9 Å². The Morgan fingerprint density at radius 3 is 2.52 bits per heavy atom. The highest BCUT2D eigenvalue weighted by molar-refractivity contribution is 5.90. The largest absolute Gasteiger partial charge is 0.465 e. The fourth-order valence-corrected chi connectivity index (χ4v) is 1.88. The molecule has 7 nitrogen and oxygen atoms in total. The molecule has 0 saturated carbocycles. The molecule has 0 amide bonds. The van der Waals surface area contributed by atoms with Crippen molar-refractivity contribution in [2.75, 3.05) is 20.0 Å². The zero-order valence-electron chi connectivity index (χ0n) is 11.7. The summed E-state index contributed by atoms with van der Waals surface area (Å²) in [6.45, 7) is 0.296. The van der Waals surface area contributed by atoms with Crippen LogP contribution < -0.4 is 5.73 Å². The number of benzene rings is 1. The molecule has 110 valence electrons. The number of hydrogen-bond donors (Lipinski definition) is 1. The van der Waals surface area contributed by atoms with Gasteiger partial charge in [-0.25, -0.2) is 9.59 Å². The fraction of sp³-hybridized carbons (Fsp3) is 0.214. The highest BCUT2D eigenvalue weighted by Crippen LogP contribution is 2.17. The molecule has 2 rings (SSSR count). The normalized spacial score (nSPS) is 10.2. The van der Waals surface area contributed by atoms with Gasteiger partial charge in [0.15, 0.2) is 0 Å². The topological polar surface area (TPSA) is 96.4 Å². The number of methoxy groups -OCH3 is 2. The van der Waals surface area contributed by atoms with E-state index in [4.69, 9.17) is 5.73 Å². The number of anilines is 1. The van der Waals surface area contributed by atoms with Crippen LogP contribution in [0.2, 0.25) is 0 Å². The quantitative estimate of drug-likeness (QED) is 0.668. The molecule has 0 aliphatic rings. The Morgan fingerprint density at radius 1 is 1.19 bits per heavy atom. The molecule has 0 saturated heterocycles. The van der Waals surface area contributed by atoms with Crippen LogP contribution in [0.25, 0.3) is 0 Å². The van der Waals surface area contributed by atoms with Crippen LogP contribution in [0.1, 0.15) is 26.4 Å². The molecule has 7 heteroatoms. The summed E-state index contributed by atoms with van der Waals surface area (Å²) >= 11 is 0. The second kappa shape index (κ2) is 6.08. The molecule has 21 heavy (non-hydrogen) atoms. The zero-order chi connectivity index (χ0) is 15.4. The Morgan fingerprint density at radius 2 is 1.90 bits per heavy atom. The van der Waals surface area contributed by atoms with Crippen molar-refractivity contribution in [2.24, 2.45) is 0 Å². The Bertz CT molecular complexity index is 679. The fourth-order valence-electron chi connectivity index (χ4n) is 1.88. The number of nitrogens with zero attached hydrogens (tertiary/aromatic N) is 2. The van der Waals surface area contributed by atoms with Crippen LogP contribution in [0.3, 0.4) is 0 Å². The summed E-state index contributed by atoms with van der Waals surface area (Å²) in [5.41, 5.74) is 7.77. The molecule has 0 aliphatic heterocycles. The minimum atomic E-state index is -0.475. The molecule has 0 unspecified atom stereocenters. The third kappa shape index (κ3) is 3.02. The lowest BCUT2D eigenvalue weighted by atomic mass is 10.1. The van der Waals surface area contributed by atoms with Crippen LogP contribution in [-0.2, 0) is 16.0 Å². The summed E-state index contributed by atoms with van der Waals surface area (Å²) in [5, 5.41) is 4.06. The van der Waals surface area contributed by atoms with E-state index >= 15 is 0 Å². The number of carbonyl (C=O) groups is 2.